The second kappa shape index (κ2) is 10.8. The van der Waals surface area contributed by atoms with E-state index in [9.17, 15) is 36.2 Å². The van der Waals surface area contributed by atoms with Crippen molar-refractivity contribution in [3.63, 3.8) is 0 Å². The molecular weight excluding hydrogens is 564 g/mol. The number of nitrogens with zero attached hydrogens (tertiary/aromatic N) is 1. The van der Waals surface area contributed by atoms with Gasteiger partial charge in [-0.1, -0.05) is 19.9 Å². The number of cyclic esters (lactones) is 1. The average Bonchev–Trinajstić information content (AvgIpc) is 3.14. The number of hydrogen-bond acceptors (Lipinski definition) is 4. The predicted molar refractivity (Wildman–Crippen MR) is 145 cm³/mol. The van der Waals surface area contributed by atoms with Crippen LogP contribution >= 0.6 is 0 Å². The number of halogens is 6. The molecule has 2 atom stereocenters. The van der Waals surface area contributed by atoms with Crippen LogP contribution < -0.4 is 4.74 Å². The van der Waals surface area contributed by atoms with Gasteiger partial charge in [0, 0.05) is 12.1 Å². The van der Waals surface area contributed by atoms with Crippen molar-refractivity contribution in [1.82, 2.24) is 4.90 Å². The lowest BCUT2D eigenvalue weighted by Gasteiger charge is -2.36. The first-order valence-corrected chi connectivity index (χ1v) is 13.6. The Morgan fingerprint density at radius 2 is 1.60 bits per heavy atom. The number of aliphatic hydroxyl groups is 1. The van der Waals surface area contributed by atoms with Gasteiger partial charge in [-0.05, 0) is 98.1 Å². The van der Waals surface area contributed by atoms with Crippen LogP contribution in [0.5, 0.6) is 5.75 Å². The minimum Gasteiger partial charge on any atom is -0.496 e. The highest BCUT2D eigenvalue weighted by atomic mass is 19.4. The monoisotopic (exact) mass is 599 g/mol. The van der Waals surface area contributed by atoms with E-state index in [0.29, 0.717) is 36.3 Å². The molecule has 0 unspecified atom stereocenters. The first-order valence-electron chi connectivity index (χ1n) is 13.6. The fraction of sp³-hybridized carbons (Fsp3) is 0.516. The zero-order valence-corrected chi connectivity index (χ0v) is 24.3. The smallest absolute Gasteiger partial charge is 0.416 e. The Bertz CT molecular complexity index is 1360. The molecule has 1 amide bonds. The third kappa shape index (κ3) is 6.55. The number of hydrogen-bond donors (Lipinski definition) is 1. The van der Waals surface area contributed by atoms with Crippen molar-refractivity contribution >= 4 is 11.7 Å². The van der Waals surface area contributed by atoms with Gasteiger partial charge < -0.3 is 14.6 Å². The van der Waals surface area contributed by atoms with Gasteiger partial charge in [0.2, 0.25) is 0 Å². The summed E-state index contributed by atoms with van der Waals surface area (Å²) in [5.74, 6) is 0.578. The molecule has 2 aliphatic rings. The van der Waals surface area contributed by atoms with E-state index in [4.69, 9.17) is 9.47 Å². The van der Waals surface area contributed by atoms with Gasteiger partial charge in [0.25, 0.3) is 0 Å². The highest BCUT2D eigenvalue weighted by Crippen LogP contribution is 2.47. The maximum atomic E-state index is 13.5. The van der Waals surface area contributed by atoms with Gasteiger partial charge in [-0.3, -0.25) is 4.90 Å². The molecule has 1 N–H and O–H groups in total. The van der Waals surface area contributed by atoms with Crippen LogP contribution in [-0.4, -0.2) is 35.8 Å². The van der Waals surface area contributed by atoms with Crippen molar-refractivity contribution in [3.8, 4) is 5.75 Å². The lowest BCUT2D eigenvalue weighted by atomic mass is 9.72. The minimum atomic E-state index is -5.02. The molecule has 0 aromatic heterocycles. The molecule has 230 valence electrons. The van der Waals surface area contributed by atoms with E-state index < -0.39 is 47.3 Å². The third-order valence-corrected chi connectivity index (χ3v) is 8.09. The number of amides is 1. The SMILES string of the molecule is COc1ccc(C(C)(C)O)cc1C1=C(CN2C(=O)O[C@H](c3cc(C(F)(F)F)cc(C(F)(F)F)c3)[C@@H]2C)CC(C)(C)CC1. The van der Waals surface area contributed by atoms with Crippen LogP contribution in [0.25, 0.3) is 5.57 Å². The van der Waals surface area contributed by atoms with Gasteiger partial charge in [0.1, 0.15) is 11.9 Å². The first-order chi connectivity index (χ1) is 19.2. The normalized spacial score (nSPS) is 21.5. The van der Waals surface area contributed by atoms with E-state index in [-0.39, 0.29) is 23.6 Å². The van der Waals surface area contributed by atoms with E-state index in [1.54, 1.807) is 32.9 Å². The predicted octanol–water partition coefficient (Wildman–Crippen LogP) is 8.51. The molecule has 1 saturated heterocycles. The molecular formula is C31H35F6NO4. The summed E-state index contributed by atoms with van der Waals surface area (Å²) in [6.45, 7) is 9.12. The van der Waals surface area contributed by atoms with E-state index >= 15 is 0 Å². The topological polar surface area (TPSA) is 59.0 Å². The minimum absolute atomic E-state index is 0.0546. The van der Waals surface area contributed by atoms with Crippen molar-refractivity contribution in [2.24, 2.45) is 5.41 Å². The summed E-state index contributed by atoms with van der Waals surface area (Å²) < 4.78 is 92.1. The molecule has 2 aromatic carbocycles. The average molecular weight is 600 g/mol. The largest absolute Gasteiger partial charge is 0.496 e. The summed E-state index contributed by atoms with van der Waals surface area (Å²) in [5, 5.41) is 10.6. The molecule has 1 aliphatic carbocycles. The number of ether oxygens (including phenoxy) is 2. The lowest BCUT2D eigenvalue weighted by molar-refractivity contribution is -0.143. The van der Waals surface area contributed by atoms with E-state index in [2.05, 4.69) is 13.8 Å². The number of carbonyl (C=O) groups excluding carboxylic acids is 1. The number of methoxy groups -OCH3 is 1. The van der Waals surface area contributed by atoms with Crippen LogP contribution in [0.15, 0.2) is 42.0 Å². The molecule has 0 spiro atoms. The second-order valence-corrected chi connectivity index (χ2v) is 12.4. The number of alkyl halides is 6. The summed E-state index contributed by atoms with van der Waals surface area (Å²) in [5.41, 5.74) is -1.36. The van der Waals surface area contributed by atoms with Crippen LogP contribution in [0.1, 0.15) is 87.8 Å². The fourth-order valence-electron chi connectivity index (χ4n) is 5.72. The lowest BCUT2D eigenvalue weighted by Crippen LogP contribution is -2.35. The van der Waals surface area contributed by atoms with Crippen LogP contribution in [0.3, 0.4) is 0 Å². The maximum absolute atomic E-state index is 13.5. The number of allylic oxidation sites excluding steroid dienone is 1. The van der Waals surface area contributed by atoms with Gasteiger partial charge in [-0.2, -0.15) is 26.3 Å². The first kappa shape index (κ1) is 31.7. The van der Waals surface area contributed by atoms with Crippen molar-refractivity contribution in [2.75, 3.05) is 13.7 Å². The number of benzene rings is 2. The Hall–Kier alpha value is -3.21. The number of carbonyl (C=O) groups is 1. The van der Waals surface area contributed by atoms with Crippen molar-refractivity contribution < 1.29 is 45.7 Å². The number of rotatable bonds is 6. The van der Waals surface area contributed by atoms with E-state index in [1.165, 1.54) is 12.0 Å². The molecule has 0 radical (unpaired) electrons. The molecule has 11 heteroatoms. The molecule has 42 heavy (non-hydrogen) atoms. The molecule has 1 aliphatic heterocycles. The summed E-state index contributed by atoms with van der Waals surface area (Å²) >= 11 is 0. The Morgan fingerprint density at radius 3 is 2.12 bits per heavy atom. The fourth-order valence-corrected chi connectivity index (χ4v) is 5.72. The second-order valence-electron chi connectivity index (χ2n) is 12.4. The van der Waals surface area contributed by atoms with Crippen LogP contribution in [-0.2, 0) is 22.7 Å². The zero-order valence-electron chi connectivity index (χ0n) is 24.3. The highest BCUT2D eigenvalue weighted by Gasteiger charge is 2.44. The van der Waals surface area contributed by atoms with Crippen molar-refractivity contribution in [1.29, 1.82) is 0 Å². The maximum Gasteiger partial charge on any atom is 0.416 e. The van der Waals surface area contributed by atoms with E-state index in [0.717, 1.165) is 23.1 Å². The summed E-state index contributed by atoms with van der Waals surface area (Å²) in [6, 6.07) is 5.79. The van der Waals surface area contributed by atoms with Crippen LogP contribution in [0.2, 0.25) is 0 Å². The molecule has 1 heterocycles. The van der Waals surface area contributed by atoms with Gasteiger partial charge in [0.15, 0.2) is 0 Å². The van der Waals surface area contributed by atoms with Gasteiger partial charge in [-0.25, -0.2) is 4.79 Å². The van der Waals surface area contributed by atoms with Crippen LogP contribution in [0.4, 0.5) is 31.1 Å². The highest BCUT2D eigenvalue weighted by molar-refractivity contribution is 5.77. The van der Waals surface area contributed by atoms with Gasteiger partial charge in [0.05, 0.1) is 29.9 Å². The Labute approximate surface area is 241 Å². The molecule has 4 rings (SSSR count). The Balaban J connectivity index is 1.76. The van der Waals surface area contributed by atoms with Crippen molar-refractivity contribution in [2.45, 2.75) is 84.0 Å². The molecule has 0 saturated carbocycles. The quantitative estimate of drug-likeness (QED) is 0.338. The Morgan fingerprint density at radius 1 is 1.00 bits per heavy atom. The molecule has 1 fully saturated rings. The van der Waals surface area contributed by atoms with E-state index in [1.807, 2.05) is 6.07 Å². The van der Waals surface area contributed by atoms with Crippen molar-refractivity contribution in [3.05, 3.63) is 69.8 Å². The van der Waals surface area contributed by atoms with Gasteiger partial charge >= 0.3 is 18.4 Å². The summed E-state index contributed by atoms with van der Waals surface area (Å²) in [4.78, 5) is 14.4. The van der Waals surface area contributed by atoms with Gasteiger partial charge in [-0.15, -0.1) is 0 Å². The standard InChI is InChI=1S/C31H35F6NO4/c1-17-26(18-11-21(30(32,33)34)13-22(12-18)31(35,36)37)42-27(39)38(17)16-19-15-28(2,3)10-9-23(19)24-14-20(29(4,5)40)7-8-25(24)41-6/h7-8,11-14,17,26,40H,9-10,15-16H2,1-6H3/t17-,26-/m0/s1. The summed E-state index contributed by atoms with van der Waals surface area (Å²) in [6.07, 6.45) is -10.2. The Kier molecular flexibility index (Phi) is 8.16. The molecule has 2 aromatic rings. The molecule has 5 nitrogen and oxygen atoms in total. The third-order valence-electron chi connectivity index (χ3n) is 8.09. The molecule has 0 bridgehead atoms. The van der Waals surface area contributed by atoms with Crippen LogP contribution in [0, 0.1) is 5.41 Å². The summed E-state index contributed by atoms with van der Waals surface area (Å²) in [7, 11) is 1.53. The zero-order chi connectivity index (χ0) is 31.4.